The number of carboxylic acids is 2. The molecule has 4 atom stereocenters. The summed E-state index contributed by atoms with van der Waals surface area (Å²) in [5.74, 6) is -0.193. The van der Waals surface area contributed by atoms with E-state index < -0.39 is 33.5 Å². The molecule has 2 aromatic rings. The molecule has 13 heteroatoms. The van der Waals surface area contributed by atoms with E-state index in [0.717, 1.165) is 72.5 Å². The zero-order valence-corrected chi connectivity index (χ0v) is 28.9. The molecule has 5 rings (SSSR count). The van der Waals surface area contributed by atoms with Gasteiger partial charge in [0.25, 0.3) is 0 Å². The molecule has 46 heavy (non-hydrogen) atoms. The first-order valence-electron chi connectivity index (χ1n) is 15.1. The van der Waals surface area contributed by atoms with Crippen LogP contribution in [0, 0.1) is 5.92 Å². The Morgan fingerprint density at radius 2 is 1.46 bits per heavy atom. The summed E-state index contributed by atoms with van der Waals surface area (Å²) in [6.45, 7) is 6.59. The zero-order chi connectivity index (χ0) is 33.2. The third-order valence-corrected chi connectivity index (χ3v) is 11.1. The van der Waals surface area contributed by atoms with E-state index in [0.29, 0.717) is 18.1 Å². The highest BCUT2D eigenvalue weighted by atomic mass is 32.2. The Labute approximate surface area is 280 Å². The van der Waals surface area contributed by atoms with Crippen LogP contribution in [0.4, 0.5) is 0 Å². The predicted molar refractivity (Wildman–Crippen MR) is 186 cm³/mol. The van der Waals surface area contributed by atoms with Gasteiger partial charge in [-0.1, -0.05) is 24.3 Å². The lowest BCUT2D eigenvalue weighted by molar-refractivity contribution is -0.134. The van der Waals surface area contributed by atoms with Gasteiger partial charge in [0, 0.05) is 106 Å². The largest absolute Gasteiger partial charge is 0.478 e. The second-order valence-electron chi connectivity index (χ2n) is 11.4. The van der Waals surface area contributed by atoms with Gasteiger partial charge in [0.2, 0.25) is 0 Å². The molecule has 0 aliphatic carbocycles. The average Bonchev–Trinajstić information content (AvgIpc) is 3.41. The van der Waals surface area contributed by atoms with E-state index in [-0.39, 0.29) is 6.04 Å². The number of carbonyl (C=O) groups is 2. The van der Waals surface area contributed by atoms with Crippen LogP contribution in [-0.4, -0.2) is 121 Å². The molecule has 3 aliphatic heterocycles. The number of thioether (sulfide) groups is 1. The monoisotopic (exact) mass is 686 g/mol. The van der Waals surface area contributed by atoms with Crippen LogP contribution < -0.4 is 0 Å². The number of fused-ring (bicyclic) bond motifs is 1. The Hall–Kier alpha value is -3.10. The minimum absolute atomic E-state index is 0.193. The van der Waals surface area contributed by atoms with Crippen molar-refractivity contribution < 1.29 is 28.2 Å². The lowest BCUT2D eigenvalue weighted by Gasteiger charge is -2.33. The van der Waals surface area contributed by atoms with Crippen LogP contribution in [0.25, 0.3) is 6.08 Å². The van der Waals surface area contributed by atoms with Crippen molar-refractivity contribution in [3.63, 3.8) is 0 Å². The van der Waals surface area contributed by atoms with Crippen LogP contribution in [0.5, 0.6) is 0 Å². The number of carboxylic acid groups (broad SMARTS) is 2. The molecule has 2 saturated heterocycles. The van der Waals surface area contributed by atoms with Crippen molar-refractivity contribution in [2.24, 2.45) is 11.0 Å². The maximum absolute atomic E-state index is 12.0. The summed E-state index contributed by atoms with van der Waals surface area (Å²) in [6.07, 6.45) is 7.91. The van der Waals surface area contributed by atoms with Gasteiger partial charge in [0.15, 0.2) is 0 Å². The summed E-state index contributed by atoms with van der Waals surface area (Å²) >= 11 is 1.98. The first kappa shape index (κ1) is 35.7. The summed E-state index contributed by atoms with van der Waals surface area (Å²) in [5, 5.41) is 23.2. The van der Waals surface area contributed by atoms with E-state index in [4.69, 9.17) is 15.3 Å². The molecule has 2 aromatic carbocycles. The van der Waals surface area contributed by atoms with Crippen molar-refractivity contribution in [1.29, 1.82) is 0 Å². The van der Waals surface area contributed by atoms with Crippen molar-refractivity contribution in [3.05, 3.63) is 77.4 Å². The molecular weight excluding hydrogens is 645 g/mol. The molecule has 0 amide bonds. The van der Waals surface area contributed by atoms with Gasteiger partial charge in [0.05, 0.1) is 11.8 Å². The fraction of sp³-hybridized carbons (Fsp3) is 0.424. The Morgan fingerprint density at radius 1 is 0.891 bits per heavy atom. The summed E-state index contributed by atoms with van der Waals surface area (Å²) in [6, 6.07) is 16.6. The van der Waals surface area contributed by atoms with Crippen molar-refractivity contribution in [2.75, 3.05) is 70.3 Å². The smallest absolute Gasteiger partial charge is 0.328 e. The molecule has 0 aromatic heterocycles. The number of nitrogens with zero attached hydrogens (tertiary/aromatic N) is 4. The van der Waals surface area contributed by atoms with Crippen molar-refractivity contribution in [3.8, 4) is 0 Å². The summed E-state index contributed by atoms with van der Waals surface area (Å²) in [4.78, 5) is 25.8. The summed E-state index contributed by atoms with van der Waals surface area (Å²) in [5.41, 5.74) is 4.87. The number of hydrogen-bond acceptors (Lipinski definition) is 9. The number of hydrazone groups is 1. The molecule has 0 radical (unpaired) electrons. The summed E-state index contributed by atoms with van der Waals surface area (Å²) < 4.78 is 23.8. The van der Waals surface area contributed by atoms with Crippen LogP contribution >= 0.6 is 11.8 Å². The van der Waals surface area contributed by atoms with Gasteiger partial charge in [-0.15, -0.1) is 0 Å². The first-order valence-corrected chi connectivity index (χ1v) is 19.3. The number of likely N-dealkylation sites (N-methyl/N-ethyl adjacent to an activating group) is 1. The van der Waals surface area contributed by atoms with Crippen molar-refractivity contribution >= 4 is 57.1 Å². The molecule has 10 nitrogen and oxygen atoms in total. The van der Waals surface area contributed by atoms with Gasteiger partial charge < -0.3 is 20.0 Å². The van der Waals surface area contributed by atoms with E-state index in [1.54, 1.807) is 12.5 Å². The third kappa shape index (κ3) is 10.2. The standard InChI is InChI=1S/C29H38N4O2S3.C4H4O4/c1-31-15-17-32(18-16-31)13-4-14-33-29(23-7-11-26(12-8-23)38(3)35)27-21-36-20-24(28(27)30-33)19-22-5-9-25(10-6-22)37(2)34;5-3(6)1-2-4(7)8/h5-12,19,27,29H,4,13-18,20-21H2,1-3H3;1-2H,(H,5,6)(H,7,8)/b24-19+;2-1-. The van der Waals surface area contributed by atoms with Crippen molar-refractivity contribution in [2.45, 2.75) is 22.3 Å². The van der Waals surface area contributed by atoms with E-state index in [9.17, 15) is 18.0 Å². The van der Waals surface area contributed by atoms with Gasteiger partial charge >= 0.3 is 11.9 Å². The number of rotatable bonds is 10. The minimum atomic E-state index is -1.26. The first-order chi connectivity index (χ1) is 22.0. The maximum atomic E-state index is 12.0. The fourth-order valence-electron chi connectivity index (χ4n) is 5.67. The number of hydrogen-bond donors (Lipinski definition) is 2. The van der Waals surface area contributed by atoms with Crippen LogP contribution in [0.15, 0.2) is 81.1 Å². The highest BCUT2D eigenvalue weighted by molar-refractivity contribution is 7.99. The van der Waals surface area contributed by atoms with Gasteiger partial charge in [-0.25, -0.2) is 9.59 Å². The van der Waals surface area contributed by atoms with Gasteiger partial charge in [-0.2, -0.15) is 16.9 Å². The minimum Gasteiger partial charge on any atom is -0.478 e. The third-order valence-electron chi connectivity index (χ3n) is 8.11. The molecule has 4 unspecified atom stereocenters. The Morgan fingerprint density at radius 3 is 2.00 bits per heavy atom. The predicted octanol–water partition coefficient (Wildman–Crippen LogP) is 3.67. The lowest BCUT2D eigenvalue weighted by atomic mass is 9.87. The SMILES string of the molecule is CN1CCN(CCCN2N=C3/C(=C/c4ccc(S(C)=O)cc4)CSCC3C2c2ccc(S(C)=O)cc2)CC1.O=C(O)/C=C\C(=O)O. The van der Waals surface area contributed by atoms with Gasteiger partial charge in [-0.3, -0.25) is 13.4 Å². The average molecular weight is 687 g/mol. The van der Waals surface area contributed by atoms with Crippen LogP contribution in [-0.2, 0) is 31.2 Å². The molecule has 2 fully saturated rings. The molecule has 2 N–H and O–H groups in total. The normalized spacial score (nSPS) is 22.5. The maximum Gasteiger partial charge on any atom is 0.328 e. The molecular formula is C33H42N4O6S3. The number of piperazine rings is 1. The highest BCUT2D eigenvalue weighted by Crippen LogP contribution is 2.43. The van der Waals surface area contributed by atoms with E-state index in [2.05, 4.69) is 52.2 Å². The van der Waals surface area contributed by atoms with E-state index in [1.165, 1.54) is 16.8 Å². The summed E-state index contributed by atoms with van der Waals surface area (Å²) in [7, 11) is 0.246. The van der Waals surface area contributed by atoms with Crippen LogP contribution in [0.2, 0.25) is 0 Å². The quantitative estimate of drug-likeness (QED) is 0.357. The molecule has 0 bridgehead atoms. The Balaban J connectivity index is 0.000000533. The topological polar surface area (TPSA) is 131 Å². The van der Waals surface area contributed by atoms with Crippen LogP contribution in [0.1, 0.15) is 23.6 Å². The van der Waals surface area contributed by atoms with Crippen molar-refractivity contribution in [1.82, 2.24) is 14.8 Å². The highest BCUT2D eigenvalue weighted by Gasteiger charge is 2.41. The number of aliphatic carboxylic acids is 2. The van der Waals surface area contributed by atoms with Crippen LogP contribution in [0.3, 0.4) is 0 Å². The Kier molecular flexibility index (Phi) is 13.3. The molecule has 0 spiro atoms. The molecule has 248 valence electrons. The van der Waals surface area contributed by atoms with E-state index in [1.807, 2.05) is 36.0 Å². The van der Waals surface area contributed by atoms with E-state index >= 15 is 0 Å². The second-order valence-corrected chi connectivity index (χ2v) is 15.2. The fourth-order valence-corrected chi connectivity index (χ4v) is 7.87. The number of benzene rings is 2. The zero-order valence-electron chi connectivity index (χ0n) is 26.4. The molecule has 0 saturated carbocycles. The van der Waals surface area contributed by atoms with Gasteiger partial charge in [-0.05, 0) is 67.1 Å². The Bertz CT molecular complexity index is 1490. The molecule has 3 heterocycles. The van der Waals surface area contributed by atoms with Gasteiger partial charge in [0.1, 0.15) is 0 Å². The second kappa shape index (κ2) is 17.2. The lowest BCUT2D eigenvalue weighted by Crippen LogP contribution is -2.45. The molecule has 3 aliphatic rings.